The standard InChI is InChI=1S/C12H19NO2/c1-4-8-15-10-6-7-12(14-3)11(9-10)13-5-2/h6-7,9,13H,4-5,8H2,1-3H3. The fourth-order valence-corrected chi connectivity index (χ4v) is 1.33. The maximum absolute atomic E-state index is 5.55. The van der Waals surface area contributed by atoms with E-state index in [2.05, 4.69) is 19.2 Å². The lowest BCUT2D eigenvalue weighted by Gasteiger charge is -2.12. The van der Waals surface area contributed by atoms with Crippen molar-refractivity contribution in [2.24, 2.45) is 0 Å². The van der Waals surface area contributed by atoms with Gasteiger partial charge in [-0.05, 0) is 25.5 Å². The quantitative estimate of drug-likeness (QED) is 0.781. The number of hydrogen-bond donors (Lipinski definition) is 1. The third-order valence-corrected chi connectivity index (χ3v) is 2.01. The minimum Gasteiger partial charge on any atom is -0.495 e. The Morgan fingerprint density at radius 3 is 2.67 bits per heavy atom. The number of hydrogen-bond acceptors (Lipinski definition) is 3. The topological polar surface area (TPSA) is 30.5 Å². The monoisotopic (exact) mass is 209 g/mol. The zero-order valence-corrected chi connectivity index (χ0v) is 9.67. The van der Waals surface area contributed by atoms with Crippen molar-refractivity contribution in [3.8, 4) is 11.5 Å². The summed E-state index contributed by atoms with van der Waals surface area (Å²) in [5.74, 6) is 1.73. The van der Waals surface area contributed by atoms with E-state index in [1.54, 1.807) is 7.11 Å². The SMILES string of the molecule is CCCOc1ccc(OC)c(NCC)c1. The molecule has 3 heteroatoms. The molecule has 15 heavy (non-hydrogen) atoms. The predicted octanol–water partition coefficient (Wildman–Crippen LogP) is 2.92. The Morgan fingerprint density at radius 1 is 1.27 bits per heavy atom. The van der Waals surface area contributed by atoms with E-state index in [1.165, 1.54) is 0 Å². The van der Waals surface area contributed by atoms with Crippen LogP contribution in [0.2, 0.25) is 0 Å². The summed E-state index contributed by atoms with van der Waals surface area (Å²) >= 11 is 0. The summed E-state index contributed by atoms with van der Waals surface area (Å²) in [7, 11) is 1.67. The van der Waals surface area contributed by atoms with Gasteiger partial charge in [0.15, 0.2) is 0 Å². The number of ether oxygens (including phenoxy) is 2. The van der Waals surface area contributed by atoms with Gasteiger partial charge in [0.25, 0.3) is 0 Å². The highest BCUT2D eigenvalue weighted by atomic mass is 16.5. The normalized spacial score (nSPS) is 9.80. The van der Waals surface area contributed by atoms with Crippen LogP contribution in [0.25, 0.3) is 0 Å². The third-order valence-electron chi connectivity index (χ3n) is 2.01. The molecule has 0 atom stereocenters. The van der Waals surface area contributed by atoms with Crippen LogP contribution in [0.3, 0.4) is 0 Å². The molecule has 0 saturated carbocycles. The molecule has 0 aliphatic carbocycles. The summed E-state index contributed by atoms with van der Waals surface area (Å²) in [5, 5.41) is 3.24. The van der Waals surface area contributed by atoms with Crippen LogP contribution in [-0.4, -0.2) is 20.3 Å². The largest absolute Gasteiger partial charge is 0.495 e. The van der Waals surface area contributed by atoms with Crippen molar-refractivity contribution in [1.29, 1.82) is 0 Å². The molecule has 0 aliphatic heterocycles. The summed E-state index contributed by atoms with van der Waals surface area (Å²) in [6.45, 7) is 5.76. The van der Waals surface area contributed by atoms with Crippen LogP contribution in [0, 0.1) is 0 Å². The van der Waals surface area contributed by atoms with E-state index in [1.807, 2.05) is 18.2 Å². The van der Waals surface area contributed by atoms with Crippen molar-refractivity contribution in [3.05, 3.63) is 18.2 Å². The van der Waals surface area contributed by atoms with Crippen LogP contribution in [0.4, 0.5) is 5.69 Å². The summed E-state index contributed by atoms with van der Waals surface area (Å²) in [4.78, 5) is 0. The summed E-state index contributed by atoms with van der Waals surface area (Å²) in [6, 6.07) is 5.82. The summed E-state index contributed by atoms with van der Waals surface area (Å²) in [5.41, 5.74) is 0.980. The van der Waals surface area contributed by atoms with Crippen LogP contribution in [0.1, 0.15) is 20.3 Å². The van der Waals surface area contributed by atoms with E-state index in [-0.39, 0.29) is 0 Å². The van der Waals surface area contributed by atoms with Crippen molar-refractivity contribution in [2.75, 3.05) is 25.6 Å². The molecule has 1 aromatic carbocycles. The van der Waals surface area contributed by atoms with Crippen LogP contribution in [0.15, 0.2) is 18.2 Å². The van der Waals surface area contributed by atoms with E-state index in [4.69, 9.17) is 9.47 Å². The molecule has 1 N–H and O–H groups in total. The van der Waals surface area contributed by atoms with Crippen LogP contribution >= 0.6 is 0 Å². The van der Waals surface area contributed by atoms with Crippen molar-refractivity contribution >= 4 is 5.69 Å². The first-order chi connectivity index (χ1) is 7.31. The first-order valence-electron chi connectivity index (χ1n) is 5.36. The Hall–Kier alpha value is -1.38. The van der Waals surface area contributed by atoms with Gasteiger partial charge in [0.05, 0.1) is 19.4 Å². The highest BCUT2D eigenvalue weighted by Crippen LogP contribution is 2.28. The van der Waals surface area contributed by atoms with Gasteiger partial charge in [-0.3, -0.25) is 0 Å². The molecule has 0 saturated heterocycles. The summed E-state index contributed by atoms with van der Waals surface area (Å²) in [6.07, 6.45) is 1.02. The number of nitrogens with one attached hydrogen (secondary N) is 1. The summed E-state index contributed by atoms with van der Waals surface area (Å²) < 4.78 is 10.8. The van der Waals surface area contributed by atoms with E-state index in [0.717, 1.165) is 36.8 Å². The number of benzene rings is 1. The molecule has 0 radical (unpaired) electrons. The Balaban J connectivity index is 2.79. The molecule has 84 valence electrons. The van der Waals surface area contributed by atoms with Crippen molar-refractivity contribution in [1.82, 2.24) is 0 Å². The molecular formula is C12H19NO2. The lowest BCUT2D eigenvalue weighted by molar-refractivity contribution is 0.317. The smallest absolute Gasteiger partial charge is 0.142 e. The van der Waals surface area contributed by atoms with Gasteiger partial charge in [0.1, 0.15) is 11.5 Å². The van der Waals surface area contributed by atoms with E-state index in [0.29, 0.717) is 0 Å². The zero-order valence-electron chi connectivity index (χ0n) is 9.67. The average Bonchev–Trinajstić information content (AvgIpc) is 2.27. The molecular weight excluding hydrogens is 190 g/mol. The minimum atomic E-state index is 0.748. The van der Waals surface area contributed by atoms with Crippen molar-refractivity contribution in [3.63, 3.8) is 0 Å². The Labute approximate surface area is 91.4 Å². The Bertz CT molecular complexity index is 300. The van der Waals surface area contributed by atoms with Crippen LogP contribution in [0.5, 0.6) is 11.5 Å². The number of rotatable bonds is 6. The maximum Gasteiger partial charge on any atom is 0.142 e. The van der Waals surface area contributed by atoms with Gasteiger partial charge in [0, 0.05) is 12.6 Å². The fourth-order valence-electron chi connectivity index (χ4n) is 1.33. The predicted molar refractivity (Wildman–Crippen MR) is 62.9 cm³/mol. The number of methoxy groups -OCH3 is 1. The van der Waals surface area contributed by atoms with Crippen molar-refractivity contribution in [2.45, 2.75) is 20.3 Å². The van der Waals surface area contributed by atoms with Gasteiger partial charge in [-0.15, -0.1) is 0 Å². The molecule has 0 amide bonds. The molecule has 0 aliphatic rings. The van der Waals surface area contributed by atoms with Gasteiger partial charge in [0.2, 0.25) is 0 Å². The average molecular weight is 209 g/mol. The van der Waals surface area contributed by atoms with Crippen molar-refractivity contribution < 1.29 is 9.47 Å². The zero-order chi connectivity index (χ0) is 11.1. The molecule has 1 aromatic rings. The Kier molecular flexibility index (Phi) is 4.81. The van der Waals surface area contributed by atoms with Gasteiger partial charge >= 0.3 is 0 Å². The number of anilines is 1. The highest BCUT2D eigenvalue weighted by molar-refractivity contribution is 5.59. The first-order valence-corrected chi connectivity index (χ1v) is 5.36. The molecule has 3 nitrogen and oxygen atoms in total. The third kappa shape index (κ3) is 3.35. The minimum absolute atomic E-state index is 0.748. The van der Waals surface area contributed by atoms with E-state index < -0.39 is 0 Å². The van der Waals surface area contributed by atoms with Crippen LogP contribution < -0.4 is 14.8 Å². The van der Waals surface area contributed by atoms with Gasteiger partial charge in [-0.1, -0.05) is 6.92 Å². The molecule has 0 aromatic heterocycles. The Morgan fingerprint density at radius 2 is 2.07 bits per heavy atom. The second kappa shape index (κ2) is 6.17. The first kappa shape index (κ1) is 11.7. The lowest BCUT2D eigenvalue weighted by atomic mass is 10.2. The molecule has 0 bridgehead atoms. The maximum atomic E-state index is 5.55. The molecule has 0 fully saturated rings. The molecule has 0 spiro atoms. The molecule has 1 rings (SSSR count). The second-order valence-corrected chi connectivity index (χ2v) is 3.24. The van der Waals surface area contributed by atoms with Gasteiger partial charge < -0.3 is 14.8 Å². The lowest BCUT2D eigenvalue weighted by Crippen LogP contribution is -2.01. The van der Waals surface area contributed by atoms with Gasteiger partial charge in [-0.2, -0.15) is 0 Å². The highest BCUT2D eigenvalue weighted by Gasteiger charge is 2.03. The fraction of sp³-hybridized carbons (Fsp3) is 0.500. The van der Waals surface area contributed by atoms with Gasteiger partial charge in [-0.25, -0.2) is 0 Å². The molecule has 0 unspecified atom stereocenters. The van der Waals surface area contributed by atoms with E-state index >= 15 is 0 Å². The molecule has 0 heterocycles. The van der Waals surface area contributed by atoms with Crippen LogP contribution in [-0.2, 0) is 0 Å². The van der Waals surface area contributed by atoms with E-state index in [9.17, 15) is 0 Å². The second-order valence-electron chi connectivity index (χ2n) is 3.24.